The molecule has 0 spiro atoms. The molecule has 0 saturated heterocycles. The topological polar surface area (TPSA) is 89.0 Å². The lowest BCUT2D eigenvalue weighted by molar-refractivity contribution is -0.137. The summed E-state index contributed by atoms with van der Waals surface area (Å²) >= 11 is 0. The Bertz CT molecular complexity index is 1290. The van der Waals surface area contributed by atoms with Crippen LogP contribution in [0.15, 0.2) is 65.8 Å². The van der Waals surface area contributed by atoms with E-state index >= 15 is 0 Å². The minimum atomic E-state index is -4.44. The maximum Gasteiger partial charge on any atom is 0.416 e. The first-order chi connectivity index (χ1) is 16.1. The fraction of sp³-hybridized carbons (Fsp3) is 0.261. The van der Waals surface area contributed by atoms with Gasteiger partial charge in [0.25, 0.3) is 0 Å². The molecule has 0 bridgehead atoms. The summed E-state index contributed by atoms with van der Waals surface area (Å²) in [7, 11) is -3.79. The van der Waals surface area contributed by atoms with Crippen LogP contribution in [0.25, 0.3) is 11.3 Å². The number of sulfone groups is 1. The minimum Gasteiger partial charge on any atom is -0.350 e. The summed E-state index contributed by atoms with van der Waals surface area (Å²) < 4.78 is 77.0. The number of aromatic nitrogens is 2. The first-order valence-corrected chi connectivity index (χ1v) is 11.9. The molecule has 3 aromatic rings. The van der Waals surface area contributed by atoms with Gasteiger partial charge in [-0.25, -0.2) is 22.8 Å². The second-order valence-electron chi connectivity index (χ2n) is 7.91. The molecule has 0 aliphatic heterocycles. The molecular weight excluding hydrogens is 474 g/mol. The molecule has 34 heavy (non-hydrogen) atoms. The molecule has 1 aromatic heterocycles. The van der Waals surface area contributed by atoms with E-state index < -0.39 is 44.5 Å². The van der Waals surface area contributed by atoms with Gasteiger partial charge in [-0.3, -0.25) is 4.79 Å². The fourth-order valence-corrected chi connectivity index (χ4v) is 5.73. The van der Waals surface area contributed by atoms with Crippen LogP contribution in [-0.4, -0.2) is 29.5 Å². The van der Waals surface area contributed by atoms with E-state index in [0.717, 1.165) is 24.3 Å². The molecular formula is C23H19F4N3O3S. The molecule has 4 rings (SSSR count). The van der Waals surface area contributed by atoms with Crippen molar-refractivity contribution < 1.29 is 30.8 Å². The Balaban J connectivity index is 1.41. The van der Waals surface area contributed by atoms with Crippen LogP contribution >= 0.6 is 0 Å². The van der Waals surface area contributed by atoms with Gasteiger partial charge in [0.05, 0.1) is 39.6 Å². The standard InChI is InChI=1S/C23H19F4N3O3S/c24-16-5-7-18(8-6-16)34(32,33)21-10-9-19(21)22(31)28-12-17-11-20(30-13-29-17)14-1-3-15(4-2-14)23(25,26)27/h1-8,11,13,19,21H,9-10,12H2,(H,28,31)/t19-,21+/m1/s1. The molecule has 178 valence electrons. The predicted octanol–water partition coefficient (Wildman–Crippen LogP) is 4.17. The number of carbonyl (C=O) groups is 1. The number of hydrogen-bond acceptors (Lipinski definition) is 5. The summed E-state index contributed by atoms with van der Waals surface area (Å²) in [5, 5.41) is 1.77. The molecule has 0 radical (unpaired) electrons. The second kappa shape index (κ2) is 9.13. The third kappa shape index (κ3) is 4.93. The number of rotatable bonds is 6. The number of alkyl halides is 3. The third-order valence-electron chi connectivity index (χ3n) is 5.76. The molecule has 1 amide bonds. The van der Waals surface area contributed by atoms with Crippen molar-refractivity contribution in [2.24, 2.45) is 5.92 Å². The van der Waals surface area contributed by atoms with E-state index in [1.54, 1.807) is 0 Å². The third-order valence-corrected chi connectivity index (χ3v) is 8.05. The van der Waals surface area contributed by atoms with Gasteiger partial charge in [0.1, 0.15) is 12.1 Å². The van der Waals surface area contributed by atoms with Gasteiger partial charge in [0.15, 0.2) is 9.84 Å². The predicted molar refractivity (Wildman–Crippen MR) is 114 cm³/mol. The van der Waals surface area contributed by atoms with Crippen molar-refractivity contribution in [1.82, 2.24) is 15.3 Å². The van der Waals surface area contributed by atoms with E-state index in [2.05, 4.69) is 15.3 Å². The Kier molecular flexibility index (Phi) is 6.39. The van der Waals surface area contributed by atoms with Crippen molar-refractivity contribution in [3.05, 3.63) is 78.0 Å². The smallest absolute Gasteiger partial charge is 0.350 e. The molecule has 11 heteroatoms. The Hall–Kier alpha value is -3.34. The molecule has 1 aliphatic carbocycles. The molecule has 1 N–H and O–H groups in total. The highest BCUT2D eigenvalue weighted by atomic mass is 32.2. The van der Waals surface area contributed by atoms with Crippen molar-refractivity contribution in [2.75, 3.05) is 0 Å². The first kappa shape index (κ1) is 23.8. The molecule has 0 unspecified atom stereocenters. The fourth-order valence-electron chi connectivity index (χ4n) is 3.73. The first-order valence-electron chi connectivity index (χ1n) is 10.3. The largest absolute Gasteiger partial charge is 0.416 e. The van der Waals surface area contributed by atoms with Crippen molar-refractivity contribution in [2.45, 2.75) is 35.7 Å². The van der Waals surface area contributed by atoms with Crippen molar-refractivity contribution in [3.8, 4) is 11.3 Å². The van der Waals surface area contributed by atoms with Crippen LogP contribution in [-0.2, 0) is 27.4 Å². The number of amides is 1. The lowest BCUT2D eigenvalue weighted by Crippen LogP contribution is -2.47. The monoisotopic (exact) mass is 493 g/mol. The highest BCUT2D eigenvalue weighted by molar-refractivity contribution is 7.92. The zero-order valence-corrected chi connectivity index (χ0v) is 18.4. The van der Waals surface area contributed by atoms with Gasteiger partial charge in [0, 0.05) is 5.56 Å². The maximum atomic E-state index is 13.1. The number of nitrogens with zero attached hydrogens (tertiary/aromatic N) is 2. The Labute approximate surface area is 193 Å². The van der Waals surface area contributed by atoms with Crippen LogP contribution in [0, 0.1) is 11.7 Å². The zero-order chi connectivity index (χ0) is 24.5. The highest BCUT2D eigenvalue weighted by Crippen LogP contribution is 2.37. The lowest BCUT2D eigenvalue weighted by atomic mass is 9.84. The number of halogens is 4. The Morgan fingerprint density at radius 1 is 1.00 bits per heavy atom. The van der Waals surface area contributed by atoms with Gasteiger partial charge in [-0.05, 0) is 55.3 Å². The average Bonchev–Trinajstić information content (AvgIpc) is 2.77. The zero-order valence-electron chi connectivity index (χ0n) is 17.6. The van der Waals surface area contributed by atoms with Gasteiger partial charge in [-0.1, -0.05) is 12.1 Å². The summed E-state index contributed by atoms with van der Waals surface area (Å²) in [5.74, 6) is -1.75. The Morgan fingerprint density at radius 3 is 2.26 bits per heavy atom. The normalized spacial score (nSPS) is 18.2. The van der Waals surface area contributed by atoms with Gasteiger partial charge in [0.2, 0.25) is 5.91 Å². The number of benzene rings is 2. The van der Waals surface area contributed by atoms with Crippen LogP contribution in [0.2, 0.25) is 0 Å². The number of nitrogens with one attached hydrogen (secondary N) is 1. The summed E-state index contributed by atoms with van der Waals surface area (Å²) in [6, 6.07) is 10.5. The quantitative estimate of drug-likeness (QED) is 0.411. The van der Waals surface area contributed by atoms with Crippen molar-refractivity contribution in [1.29, 1.82) is 0 Å². The Morgan fingerprint density at radius 2 is 1.68 bits per heavy atom. The number of hydrogen-bond donors (Lipinski definition) is 1. The van der Waals surface area contributed by atoms with Gasteiger partial charge >= 0.3 is 6.18 Å². The van der Waals surface area contributed by atoms with Crippen LogP contribution < -0.4 is 5.32 Å². The van der Waals surface area contributed by atoms with Crippen LogP contribution in [0.5, 0.6) is 0 Å². The van der Waals surface area contributed by atoms with Gasteiger partial charge in [-0.15, -0.1) is 0 Å². The molecule has 2 atom stereocenters. The lowest BCUT2D eigenvalue weighted by Gasteiger charge is -2.34. The maximum absolute atomic E-state index is 13.1. The summed E-state index contributed by atoms with van der Waals surface area (Å²) in [5.41, 5.74) is 0.472. The number of carbonyl (C=O) groups excluding carboxylic acids is 1. The molecule has 1 saturated carbocycles. The van der Waals surface area contributed by atoms with Crippen LogP contribution in [0.1, 0.15) is 24.1 Å². The molecule has 6 nitrogen and oxygen atoms in total. The van der Waals surface area contributed by atoms with Gasteiger partial charge < -0.3 is 5.32 Å². The van der Waals surface area contributed by atoms with Gasteiger partial charge in [-0.2, -0.15) is 13.2 Å². The second-order valence-corrected chi connectivity index (χ2v) is 10.1. The van der Waals surface area contributed by atoms with Crippen molar-refractivity contribution in [3.63, 3.8) is 0 Å². The molecule has 1 aliphatic rings. The average molecular weight is 493 g/mol. The highest BCUT2D eigenvalue weighted by Gasteiger charge is 2.45. The SMILES string of the molecule is O=C(NCc1cc(-c2ccc(C(F)(F)F)cc2)ncn1)[C@@H]1CC[C@@H]1S(=O)(=O)c1ccc(F)cc1. The van der Waals surface area contributed by atoms with E-state index in [4.69, 9.17) is 0 Å². The molecule has 1 fully saturated rings. The van der Waals surface area contributed by atoms with E-state index in [9.17, 15) is 30.8 Å². The van der Waals surface area contributed by atoms with E-state index in [0.29, 0.717) is 29.8 Å². The minimum absolute atomic E-state index is 0.00515. The van der Waals surface area contributed by atoms with Crippen LogP contribution in [0.4, 0.5) is 17.6 Å². The van der Waals surface area contributed by atoms with E-state index in [1.807, 2.05) is 0 Å². The molecule has 2 aromatic carbocycles. The van der Waals surface area contributed by atoms with Crippen molar-refractivity contribution >= 4 is 15.7 Å². The van der Waals surface area contributed by atoms with E-state index in [-0.39, 0.29) is 11.4 Å². The summed E-state index contributed by atoms with van der Waals surface area (Å²) in [6.45, 7) is -0.00515. The van der Waals surface area contributed by atoms with E-state index in [1.165, 1.54) is 36.7 Å². The summed E-state index contributed by atoms with van der Waals surface area (Å²) in [4.78, 5) is 20.7. The van der Waals surface area contributed by atoms with Crippen LogP contribution in [0.3, 0.4) is 0 Å². The summed E-state index contributed by atoms with van der Waals surface area (Å²) in [6.07, 6.45) is -2.48. The molecule has 1 heterocycles.